The van der Waals surface area contributed by atoms with Gasteiger partial charge in [-0.1, -0.05) is 54.0 Å². The van der Waals surface area contributed by atoms with E-state index in [1.807, 2.05) is 6.92 Å². The van der Waals surface area contributed by atoms with E-state index in [-0.39, 0.29) is 29.7 Å². The van der Waals surface area contributed by atoms with Crippen molar-refractivity contribution in [3.63, 3.8) is 0 Å². The van der Waals surface area contributed by atoms with Crippen molar-refractivity contribution in [1.82, 2.24) is 4.90 Å². The second kappa shape index (κ2) is 7.56. The fourth-order valence-corrected chi connectivity index (χ4v) is 10.6. The number of hydrogen-bond donors (Lipinski definition) is 0. The van der Waals surface area contributed by atoms with Crippen LogP contribution in [0.4, 0.5) is 0 Å². The summed E-state index contributed by atoms with van der Waals surface area (Å²) in [6.07, 6.45) is 2.69. The Morgan fingerprint density at radius 2 is 1.85 bits per heavy atom. The first kappa shape index (κ1) is 23.4. The Hall–Kier alpha value is -1.38. The van der Waals surface area contributed by atoms with E-state index in [9.17, 15) is 19.2 Å². The number of esters is 3. The molecule has 0 radical (unpaired) electrons. The van der Waals surface area contributed by atoms with Crippen molar-refractivity contribution in [1.29, 1.82) is 0 Å². The number of halogens is 2. The SMILES string of the molecule is CCN1C(=O)[C@@H]2C[C@@]1(OC(=O)C(Cl)Cl)[C@@H]1CCCC3=C1[C@H]2[C@@H]1C(=O)OC(=O)[C@@H]1[C@@H]3[Si](C)(C)C. The second-order valence-corrected chi connectivity index (χ2v) is 17.5. The van der Waals surface area contributed by atoms with Crippen molar-refractivity contribution in [3.8, 4) is 0 Å². The van der Waals surface area contributed by atoms with Crippen LogP contribution in [0, 0.1) is 29.6 Å². The van der Waals surface area contributed by atoms with Gasteiger partial charge in [0.2, 0.25) is 10.7 Å². The van der Waals surface area contributed by atoms with Gasteiger partial charge in [0.15, 0.2) is 5.72 Å². The molecular formula is C23H29Cl2NO6Si. The third-order valence-corrected chi connectivity index (χ3v) is 11.5. The molecule has 7 nitrogen and oxygen atoms in total. The summed E-state index contributed by atoms with van der Waals surface area (Å²) < 4.78 is 11.2. The molecule has 1 saturated carbocycles. The smallest absolute Gasteiger partial charge is 0.341 e. The van der Waals surface area contributed by atoms with Gasteiger partial charge in [0, 0.05) is 24.8 Å². The molecule has 0 aromatic carbocycles. The summed E-state index contributed by atoms with van der Waals surface area (Å²) in [6, 6.07) is 0. The van der Waals surface area contributed by atoms with Crippen LogP contribution in [0.1, 0.15) is 32.6 Å². The molecule has 0 aromatic rings. The lowest BCUT2D eigenvalue weighted by molar-refractivity contribution is -0.193. The molecule has 2 heterocycles. The van der Waals surface area contributed by atoms with Gasteiger partial charge in [-0.15, -0.1) is 0 Å². The van der Waals surface area contributed by atoms with Gasteiger partial charge in [-0.25, -0.2) is 4.79 Å². The number of carbonyl (C=O) groups is 4. The number of hydrogen-bond acceptors (Lipinski definition) is 6. The van der Waals surface area contributed by atoms with Crippen LogP contribution >= 0.6 is 23.2 Å². The van der Waals surface area contributed by atoms with Crippen molar-refractivity contribution in [2.75, 3.05) is 6.54 Å². The molecule has 1 amide bonds. The lowest BCUT2D eigenvalue weighted by Crippen LogP contribution is -2.59. The molecule has 180 valence electrons. The molecule has 3 fully saturated rings. The van der Waals surface area contributed by atoms with E-state index in [2.05, 4.69) is 19.6 Å². The Kier molecular flexibility index (Phi) is 5.35. The zero-order valence-electron chi connectivity index (χ0n) is 19.2. The van der Waals surface area contributed by atoms with Crippen molar-refractivity contribution in [3.05, 3.63) is 11.1 Å². The third-order valence-electron chi connectivity index (χ3n) is 8.53. The van der Waals surface area contributed by atoms with Crippen molar-refractivity contribution in [2.45, 2.75) is 68.4 Å². The number of cyclic esters (lactones) is 2. The number of fused-ring (bicyclic) bond motifs is 6. The Morgan fingerprint density at radius 1 is 1.18 bits per heavy atom. The molecule has 0 spiro atoms. The Bertz CT molecular complexity index is 990. The number of nitrogens with zero attached hydrogens (tertiary/aromatic N) is 1. The highest BCUT2D eigenvalue weighted by Gasteiger charge is 2.72. The summed E-state index contributed by atoms with van der Waals surface area (Å²) in [6.45, 7) is 8.86. The largest absolute Gasteiger partial charge is 0.436 e. The second-order valence-electron chi connectivity index (χ2n) is 11.0. The Labute approximate surface area is 204 Å². The van der Waals surface area contributed by atoms with Crippen LogP contribution in [0.2, 0.25) is 25.2 Å². The molecule has 7 atom stereocenters. The van der Waals surface area contributed by atoms with Crippen molar-refractivity contribution >= 4 is 55.1 Å². The molecule has 2 bridgehead atoms. The first-order chi connectivity index (χ1) is 15.4. The summed E-state index contributed by atoms with van der Waals surface area (Å²) in [5.41, 5.74) is 1.07. The maximum atomic E-state index is 13.7. The summed E-state index contributed by atoms with van der Waals surface area (Å²) in [5.74, 6) is -4.22. The first-order valence-corrected chi connectivity index (χ1v) is 16.2. The fourth-order valence-electron chi connectivity index (χ4n) is 7.77. The number of amides is 1. The van der Waals surface area contributed by atoms with E-state index >= 15 is 0 Å². The predicted molar refractivity (Wildman–Crippen MR) is 123 cm³/mol. The van der Waals surface area contributed by atoms with Gasteiger partial charge < -0.3 is 14.4 Å². The van der Waals surface area contributed by atoms with Crippen LogP contribution < -0.4 is 0 Å². The number of rotatable bonds is 4. The molecule has 5 aliphatic rings. The van der Waals surface area contributed by atoms with Gasteiger partial charge in [-0.2, -0.15) is 0 Å². The highest BCUT2D eigenvalue weighted by atomic mass is 35.5. The lowest BCUT2D eigenvalue weighted by Gasteiger charge is -2.55. The summed E-state index contributed by atoms with van der Waals surface area (Å²) in [7, 11) is -1.97. The van der Waals surface area contributed by atoms with Gasteiger partial charge in [-0.05, 0) is 31.7 Å². The minimum absolute atomic E-state index is 0.0419. The average Bonchev–Trinajstić information content (AvgIpc) is 3.15. The van der Waals surface area contributed by atoms with E-state index in [1.54, 1.807) is 4.90 Å². The van der Waals surface area contributed by atoms with Crippen molar-refractivity contribution < 1.29 is 28.7 Å². The maximum absolute atomic E-state index is 13.7. The zero-order valence-corrected chi connectivity index (χ0v) is 21.7. The Balaban J connectivity index is 1.75. The minimum Gasteiger partial charge on any atom is -0.436 e. The normalized spacial score (nSPS) is 39.6. The number of carbonyl (C=O) groups excluding carboxylic acids is 4. The van der Waals surface area contributed by atoms with Gasteiger partial charge in [0.25, 0.3) is 0 Å². The molecule has 33 heavy (non-hydrogen) atoms. The first-order valence-electron chi connectivity index (χ1n) is 11.7. The molecule has 10 heteroatoms. The highest BCUT2D eigenvalue weighted by molar-refractivity contribution is 6.78. The van der Waals surface area contributed by atoms with Crippen LogP contribution in [-0.4, -0.2) is 53.9 Å². The molecule has 2 aliphatic heterocycles. The van der Waals surface area contributed by atoms with Crippen LogP contribution in [-0.2, 0) is 28.7 Å². The highest BCUT2D eigenvalue weighted by Crippen LogP contribution is 2.67. The number of allylic oxidation sites excluding steroid dienone is 1. The standard InChI is InChI=1S/C23H29Cl2NO6Si/c1-5-26-19(27)11-9-23(26,32-22(30)18(24)25)12-8-6-7-10-13(12)14(11)15-16(17(10)33(2,3)4)21(29)31-20(15)28/h11-12,14-18H,5-9H2,1-4H3/t11-,12-,14+,15+,16+,17-,23-/m1/s1. The van der Waals surface area contributed by atoms with Gasteiger partial charge in [0.1, 0.15) is 0 Å². The van der Waals surface area contributed by atoms with E-state index in [0.29, 0.717) is 6.54 Å². The van der Waals surface area contributed by atoms with Crippen LogP contribution in [0.5, 0.6) is 0 Å². The molecule has 3 aliphatic carbocycles. The van der Waals surface area contributed by atoms with Gasteiger partial charge in [-0.3, -0.25) is 14.4 Å². The van der Waals surface area contributed by atoms with E-state index < -0.39 is 54.3 Å². The van der Waals surface area contributed by atoms with Crippen LogP contribution in [0.15, 0.2) is 11.1 Å². The third kappa shape index (κ3) is 3.05. The monoisotopic (exact) mass is 513 g/mol. The van der Waals surface area contributed by atoms with Crippen LogP contribution in [0.3, 0.4) is 0 Å². The van der Waals surface area contributed by atoms with Crippen LogP contribution in [0.25, 0.3) is 0 Å². The number of ether oxygens (including phenoxy) is 2. The Morgan fingerprint density at radius 3 is 2.45 bits per heavy atom. The van der Waals surface area contributed by atoms with Crippen molar-refractivity contribution in [2.24, 2.45) is 29.6 Å². The number of alkyl halides is 2. The quantitative estimate of drug-likeness (QED) is 0.187. The maximum Gasteiger partial charge on any atom is 0.341 e. The topological polar surface area (TPSA) is 90.0 Å². The number of likely N-dealkylation sites (tertiary alicyclic amines) is 1. The summed E-state index contributed by atoms with van der Waals surface area (Å²) in [5, 5.41) is 0. The molecular weight excluding hydrogens is 485 g/mol. The summed E-state index contributed by atoms with van der Waals surface area (Å²) in [4.78, 5) is 52.6. The van der Waals surface area contributed by atoms with E-state index in [4.69, 9.17) is 32.7 Å². The molecule has 0 unspecified atom stereocenters. The van der Waals surface area contributed by atoms with E-state index in [1.165, 1.54) is 5.57 Å². The zero-order chi connectivity index (χ0) is 24.0. The average molecular weight is 514 g/mol. The van der Waals surface area contributed by atoms with E-state index in [0.717, 1.165) is 24.8 Å². The minimum atomic E-state index is -1.97. The lowest BCUT2D eigenvalue weighted by atomic mass is 9.54. The fraction of sp³-hybridized carbons (Fsp3) is 0.739. The molecule has 2 saturated heterocycles. The van der Waals surface area contributed by atoms with Gasteiger partial charge in [0.05, 0.1) is 25.8 Å². The molecule has 0 N–H and O–H groups in total. The molecule has 5 rings (SSSR count). The van der Waals surface area contributed by atoms with Gasteiger partial charge >= 0.3 is 17.9 Å². The predicted octanol–water partition coefficient (Wildman–Crippen LogP) is 3.66. The molecule has 0 aromatic heterocycles. The summed E-state index contributed by atoms with van der Waals surface area (Å²) >= 11 is 11.7.